The minimum absolute atomic E-state index is 0.00228. The van der Waals surface area contributed by atoms with Crippen molar-refractivity contribution in [3.63, 3.8) is 0 Å². The van der Waals surface area contributed by atoms with Crippen molar-refractivity contribution in [1.82, 2.24) is 9.21 Å². The monoisotopic (exact) mass is 512 g/mol. The third-order valence-corrected chi connectivity index (χ3v) is 9.08. The first-order valence-electron chi connectivity index (χ1n) is 11.9. The van der Waals surface area contributed by atoms with Gasteiger partial charge in [0.15, 0.2) is 0 Å². The second-order valence-electron chi connectivity index (χ2n) is 9.40. The molecule has 3 amide bonds. The number of nitrogens with one attached hydrogen (secondary N) is 1. The molecular weight excluding hydrogens is 487 g/mol. The van der Waals surface area contributed by atoms with Gasteiger partial charge < -0.3 is 19.9 Å². The Bertz CT molecular complexity index is 1370. The van der Waals surface area contributed by atoms with E-state index < -0.39 is 34.3 Å². The number of sulfonamides is 1. The lowest BCUT2D eigenvalue weighted by molar-refractivity contribution is -0.131. The zero-order chi connectivity index (χ0) is 25.0. The second kappa shape index (κ2) is 8.59. The molecule has 2 fully saturated rings. The van der Waals surface area contributed by atoms with E-state index in [1.165, 1.54) is 11.6 Å². The van der Waals surface area contributed by atoms with E-state index in [4.69, 9.17) is 4.74 Å². The van der Waals surface area contributed by atoms with Gasteiger partial charge in [0.25, 0.3) is 10.0 Å². The number of morpholine rings is 1. The number of benzene rings is 2. The van der Waals surface area contributed by atoms with Gasteiger partial charge in [-0.05, 0) is 47.9 Å². The van der Waals surface area contributed by atoms with E-state index in [0.29, 0.717) is 10.8 Å². The molecule has 1 aliphatic carbocycles. The Balaban J connectivity index is 1.16. The minimum atomic E-state index is -4.35. The zero-order valence-corrected chi connectivity index (χ0v) is 20.2. The molecule has 3 aliphatic heterocycles. The van der Waals surface area contributed by atoms with E-state index in [1.807, 2.05) is 0 Å². The molecule has 2 aromatic carbocycles. The summed E-state index contributed by atoms with van der Waals surface area (Å²) in [4.78, 5) is 29.2. The molecule has 6 rings (SSSR count). The predicted octanol–water partition coefficient (Wildman–Crippen LogP) is 2.51. The summed E-state index contributed by atoms with van der Waals surface area (Å²) < 4.78 is 45.5. The number of hydrogen-bond donors (Lipinski definition) is 1. The molecule has 0 radical (unpaired) electrons. The molecular formula is C25H25FN4O5S. The number of amides is 3. The van der Waals surface area contributed by atoms with E-state index in [9.17, 15) is 22.4 Å². The van der Waals surface area contributed by atoms with Crippen molar-refractivity contribution in [2.24, 2.45) is 5.92 Å². The summed E-state index contributed by atoms with van der Waals surface area (Å²) >= 11 is 0. The topological polar surface area (TPSA) is 99.3 Å². The van der Waals surface area contributed by atoms with Crippen LogP contribution in [0.2, 0.25) is 0 Å². The average molecular weight is 513 g/mol. The maximum atomic E-state index is 13.7. The normalized spacial score (nSPS) is 24.4. The maximum absolute atomic E-state index is 13.7. The van der Waals surface area contributed by atoms with Gasteiger partial charge in [-0.3, -0.25) is 4.79 Å². The standard InChI is InChI=1S/C25H25FN4O5S/c26-18-3-6-22-23(12-18)36(33,34)30(25(32)27-22)15-24(31)29-14-17-11-20(29)13-21(17)16-1-4-19(5-2-16)28-7-9-35-10-8-28/h1-6,12-13,17,20H,7-11,14-15H2,(H,27,32)/t17-,20-/m1/s1. The van der Waals surface area contributed by atoms with E-state index in [1.54, 1.807) is 4.90 Å². The number of hydrogen-bond acceptors (Lipinski definition) is 6. The van der Waals surface area contributed by atoms with Crippen LogP contribution in [0.25, 0.3) is 5.57 Å². The summed E-state index contributed by atoms with van der Waals surface area (Å²) in [5.41, 5.74) is 3.45. The fourth-order valence-electron chi connectivity index (χ4n) is 5.49. The molecule has 0 unspecified atom stereocenters. The van der Waals surface area contributed by atoms with Crippen LogP contribution in [0, 0.1) is 11.7 Å². The third-order valence-electron chi connectivity index (χ3n) is 7.31. The Labute approximate surface area is 208 Å². The Morgan fingerprint density at radius 3 is 2.56 bits per heavy atom. The van der Waals surface area contributed by atoms with Gasteiger partial charge in [-0.25, -0.2) is 21.9 Å². The third kappa shape index (κ3) is 3.82. The van der Waals surface area contributed by atoms with Crippen LogP contribution >= 0.6 is 0 Å². The summed E-state index contributed by atoms with van der Waals surface area (Å²) in [6, 6.07) is 10.4. The number of anilines is 2. The molecule has 0 spiro atoms. The van der Waals surface area contributed by atoms with E-state index in [-0.39, 0.29) is 22.5 Å². The Morgan fingerprint density at radius 2 is 1.86 bits per heavy atom. The smallest absolute Gasteiger partial charge is 0.336 e. The molecule has 0 saturated carbocycles. The molecule has 36 heavy (non-hydrogen) atoms. The molecule has 3 heterocycles. The van der Waals surface area contributed by atoms with Crippen molar-refractivity contribution < 1.29 is 27.1 Å². The molecule has 2 bridgehead atoms. The number of rotatable bonds is 4. The van der Waals surface area contributed by atoms with E-state index in [2.05, 4.69) is 40.6 Å². The summed E-state index contributed by atoms with van der Waals surface area (Å²) in [6.07, 6.45) is 2.82. The first kappa shape index (κ1) is 23.0. The van der Waals surface area contributed by atoms with Crippen LogP contribution in [0.3, 0.4) is 0 Å². The predicted molar refractivity (Wildman–Crippen MR) is 130 cm³/mol. The average Bonchev–Trinajstić information content (AvgIpc) is 3.49. The molecule has 9 nitrogen and oxygen atoms in total. The Kier molecular flexibility index (Phi) is 5.49. The van der Waals surface area contributed by atoms with Crippen LogP contribution < -0.4 is 10.2 Å². The highest BCUT2D eigenvalue weighted by atomic mass is 32.2. The second-order valence-corrected chi connectivity index (χ2v) is 11.2. The minimum Gasteiger partial charge on any atom is -0.378 e. The number of nitrogens with zero attached hydrogens (tertiary/aromatic N) is 3. The van der Waals surface area contributed by atoms with Crippen LogP contribution in [0.1, 0.15) is 12.0 Å². The van der Waals surface area contributed by atoms with Crippen molar-refractivity contribution >= 4 is 38.9 Å². The maximum Gasteiger partial charge on any atom is 0.336 e. The number of urea groups is 1. The van der Waals surface area contributed by atoms with Gasteiger partial charge in [-0.1, -0.05) is 18.2 Å². The van der Waals surface area contributed by atoms with Crippen LogP contribution in [0.15, 0.2) is 53.4 Å². The van der Waals surface area contributed by atoms with Gasteiger partial charge in [0, 0.05) is 31.2 Å². The molecule has 2 aromatic rings. The number of fused-ring (bicyclic) bond motifs is 3. The van der Waals surface area contributed by atoms with Crippen LogP contribution in [-0.4, -0.2) is 75.0 Å². The highest BCUT2D eigenvalue weighted by molar-refractivity contribution is 7.90. The number of likely N-dealkylation sites (tertiary alicyclic amines) is 1. The lowest BCUT2D eigenvalue weighted by Gasteiger charge is -2.32. The molecule has 1 N–H and O–H groups in total. The van der Waals surface area contributed by atoms with Gasteiger partial charge in [-0.15, -0.1) is 0 Å². The number of ether oxygens (including phenoxy) is 1. The van der Waals surface area contributed by atoms with Gasteiger partial charge in [0.1, 0.15) is 17.3 Å². The molecule has 4 aliphatic rings. The quantitative estimate of drug-likeness (QED) is 0.676. The first-order valence-corrected chi connectivity index (χ1v) is 13.3. The summed E-state index contributed by atoms with van der Waals surface area (Å²) in [5, 5.41) is 2.43. The first-order chi connectivity index (χ1) is 17.3. The van der Waals surface area contributed by atoms with Gasteiger partial charge in [-0.2, -0.15) is 0 Å². The molecule has 2 atom stereocenters. The van der Waals surface area contributed by atoms with Gasteiger partial charge in [0.2, 0.25) is 5.91 Å². The molecule has 0 aromatic heterocycles. The lowest BCUT2D eigenvalue weighted by atomic mass is 9.95. The lowest BCUT2D eigenvalue weighted by Crippen LogP contribution is -2.50. The van der Waals surface area contributed by atoms with Crippen molar-refractivity contribution in [2.45, 2.75) is 17.4 Å². The fraction of sp³-hybridized carbons (Fsp3) is 0.360. The van der Waals surface area contributed by atoms with Gasteiger partial charge >= 0.3 is 6.03 Å². The summed E-state index contributed by atoms with van der Waals surface area (Å²) in [7, 11) is -4.35. The number of carbonyl (C=O) groups excluding carboxylic acids is 2. The van der Waals surface area contributed by atoms with Gasteiger partial charge in [0.05, 0.1) is 24.9 Å². The zero-order valence-electron chi connectivity index (χ0n) is 19.4. The Hall–Kier alpha value is -3.44. The van der Waals surface area contributed by atoms with Crippen LogP contribution in [0.4, 0.5) is 20.6 Å². The van der Waals surface area contributed by atoms with Crippen molar-refractivity contribution in [3.8, 4) is 0 Å². The highest BCUT2D eigenvalue weighted by Crippen LogP contribution is 2.43. The van der Waals surface area contributed by atoms with Crippen LogP contribution in [0.5, 0.6) is 0 Å². The number of halogens is 1. The fourth-order valence-corrected chi connectivity index (χ4v) is 6.93. The Morgan fingerprint density at radius 1 is 1.11 bits per heavy atom. The molecule has 2 saturated heterocycles. The number of carbonyl (C=O) groups is 2. The summed E-state index contributed by atoms with van der Waals surface area (Å²) in [6.45, 7) is 3.02. The van der Waals surface area contributed by atoms with Crippen molar-refractivity contribution in [2.75, 3.05) is 49.6 Å². The van der Waals surface area contributed by atoms with E-state index >= 15 is 0 Å². The summed E-state index contributed by atoms with van der Waals surface area (Å²) in [5.74, 6) is -1.05. The molecule has 188 valence electrons. The van der Waals surface area contributed by atoms with E-state index in [0.717, 1.165) is 56.1 Å². The SMILES string of the molecule is O=C(CN1C(=O)Nc2ccc(F)cc2S1(=O)=O)N1C[C@H]2C[C@@H]1C=C2c1ccc(N2CCOCC2)cc1. The highest BCUT2D eigenvalue weighted by Gasteiger charge is 2.44. The van der Waals surface area contributed by atoms with Crippen molar-refractivity contribution in [1.29, 1.82) is 0 Å². The largest absolute Gasteiger partial charge is 0.378 e. The van der Waals surface area contributed by atoms with Crippen molar-refractivity contribution in [3.05, 3.63) is 59.9 Å². The van der Waals surface area contributed by atoms with Crippen LogP contribution in [-0.2, 0) is 19.6 Å². The molecule has 11 heteroatoms.